The summed E-state index contributed by atoms with van der Waals surface area (Å²) in [4.78, 5) is 4.39. The molecule has 0 amide bonds. The standard InChI is InChI=1S/C13H15N3O/c1-8(14)13-7-12(16-17-13)10-4-5-15-11(6-10)9-2-3-9/h4-9H,2-3,14H2,1H3/t8-/m0/s1. The molecular formula is C13H15N3O. The minimum Gasteiger partial charge on any atom is -0.359 e. The van der Waals surface area contributed by atoms with Gasteiger partial charge >= 0.3 is 0 Å². The zero-order valence-electron chi connectivity index (χ0n) is 9.76. The van der Waals surface area contributed by atoms with Gasteiger partial charge in [-0.3, -0.25) is 4.98 Å². The maximum atomic E-state index is 5.75. The van der Waals surface area contributed by atoms with E-state index in [9.17, 15) is 0 Å². The van der Waals surface area contributed by atoms with Crippen LogP contribution in [0.2, 0.25) is 0 Å². The van der Waals surface area contributed by atoms with Crippen LogP contribution in [0.4, 0.5) is 0 Å². The molecule has 2 aromatic rings. The number of hydrogen-bond acceptors (Lipinski definition) is 4. The first-order valence-corrected chi connectivity index (χ1v) is 5.92. The monoisotopic (exact) mass is 229 g/mol. The van der Waals surface area contributed by atoms with Gasteiger partial charge in [0.15, 0.2) is 5.76 Å². The molecule has 88 valence electrons. The van der Waals surface area contributed by atoms with Crippen LogP contribution in [0.15, 0.2) is 28.9 Å². The molecule has 0 aliphatic heterocycles. The molecule has 2 aromatic heterocycles. The second-order valence-corrected chi connectivity index (χ2v) is 4.65. The SMILES string of the molecule is C[C@H](N)c1cc(-c2ccnc(C3CC3)c2)no1. The third-order valence-electron chi connectivity index (χ3n) is 3.05. The van der Waals surface area contributed by atoms with E-state index in [2.05, 4.69) is 16.2 Å². The number of nitrogens with two attached hydrogens (primary N) is 1. The quantitative estimate of drug-likeness (QED) is 0.878. The van der Waals surface area contributed by atoms with Crippen molar-refractivity contribution in [3.8, 4) is 11.3 Å². The van der Waals surface area contributed by atoms with Gasteiger partial charge in [0.2, 0.25) is 0 Å². The first-order chi connectivity index (χ1) is 8.24. The summed E-state index contributed by atoms with van der Waals surface area (Å²) in [5, 5.41) is 4.05. The Labute approximate surface area is 99.8 Å². The van der Waals surface area contributed by atoms with E-state index in [0.29, 0.717) is 11.7 Å². The van der Waals surface area contributed by atoms with Crippen molar-refractivity contribution in [1.29, 1.82) is 0 Å². The number of pyridine rings is 1. The molecule has 3 rings (SSSR count). The largest absolute Gasteiger partial charge is 0.359 e. The fourth-order valence-corrected chi connectivity index (χ4v) is 1.85. The van der Waals surface area contributed by atoms with E-state index in [-0.39, 0.29) is 6.04 Å². The van der Waals surface area contributed by atoms with Crippen LogP contribution in [0, 0.1) is 0 Å². The highest BCUT2D eigenvalue weighted by Crippen LogP contribution is 2.39. The van der Waals surface area contributed by atoms with Crippen molar-refractivity contribution in [3.63, 3.8) is 0 Å². The average molecular weight is 229 g/mol. The van der Waals surface area contributed by atoms with Crippen molar-refractivity contribution in [2.24, 2.45) is 5.73 Å². The van der Waals surface area contributed by atoms with Gasteiger partial charge in [0.05, 0.1) is 6.04 Å². The van der Waals surface area contributed by atoms with E-state index in [0.717, 1.165) is 17.0 Å². The maximum Gasteiger partial charge on any atom is 0.153 e. The average Bonchev–Trinajstić information content (AvgIpc) is 3.06. The zero-order valence-corrected chi connectivity index (χ0v) is 9.76. The van der Waals surface area contributed by atoms with Gasteiger partial charge in [-0.05, 0) is 31.9 Å². The molecule has 0 spiro atoms. The van der Waals surface area contributed by atoms with Crippen molar-refractivity contribution >= 4 is 0 Å². The normalized spacial score (nSPS) is 17.1. The Morgan fingerprint density at radius 1 is 1.41 bits per heavy atom. The lowest BCUT2D eigenvalue weighted by atomic mass is 10.1. The van der Waals surface area contributed by atoms with Gasteiger partial charge in [-0.25, -0.2) is 0 Å². The van der Waals surface area contributed by atoms with E-state index in [1.807, 2.05) is 25.3 Å². The minimum absolute atomic E-state index is 0.124. The second kappa shape index (κ2) is 3.96. The van der Waals surface area contributed by atoms with Crippen molar-refractivity contribution in [2.75, 3.05) is 0 Å². The van der Waals surface area contributed by atoms with Crippen molar-refractivity contribution in [1.82, 2.24) is 10.1 Å². The number of aromatic nitrogens is 2. The van der Waals surface area contributed by atoms with E-state index in [1.165, 1.54) is 12.8 Å². The van der Waals surface area contributed by atoms with Gasteiger partial charge in [-0.1, -0.05) is 5.16 Å². The molecule has 1 atom stereocenters. The number of hydrogen-bond donors (Lipinski definition) is 1. The second-order valence-electron chi connectivity index (χ2n) is 4.65. The van der Waals surface area contributed by atoms with Crippen molar-refractivity contribution < 1.29 is 4.52 Å². The molecule has 0 saturated heterocycles. The molecule has 2 N–H and O–H groups in total. The molecule has 4 heteroatoms. The highest BCUT2D eigenvalue weighted by Gasteiger charge is 2.25. The summed E-state index contributed by atoms with van der Waals surface area (Å²) in [5.74, 6) is 1.36. The summed E-state index contributed by atoms with van der Waals surface area (Å²) < 4.78 is 5.20. The van der Waals surface area contributed by atoms with Crippen LogP contribution in [-0.4, -0.2) is 10.1 Å². The molecule has 1 aliphatic carbocycles. The molecule has 0 radical (unpaired) electrons. The summed E-state index contributed by atoms with van der Waals surface area (Å²) in [6.45, 7) is 1.88. The third-order valence-corrected chi connectivity index (χ3v) is 3.05. The van der Waals surface area contributed by atoms with Crippen LogP contribution >= 0.6 is 0 Å². The van der Waals surface area contributed by atoms with E-state index in [4.69, 9.17) is 10.3 Å². The van der Waals surface area contributed by atoms with Crippen LogP contribution in [0.5, 0.6) is 0 Å². The van der Waals surface area contributed by atoms with Crippen molar-refractivity contribution in [3.05, 3.63) is 35.9 Å². The third kappa shape index (κ3) is 2.08. The Morgan fingerprint density at radius 2 is 2.24 bits per heavy atom. The summed E-state index contributed by atoms with van der Waals surface area (Å²) in [7, 11) is 0. The fourth-order valence-electron chi connectivity index (χ4n) is 1.85. The Balaban J connectivity index is 1.93. The Bertz CT molecular complexity index is 529. The Hall–Kier alpha value is -1.68. The van der Waals surface area contributed by atoms with Gasteiger partial charge in [0.25, 0.3) is 0 Å². The summed E-state index contributed by atoms with van der Waals surface area (Å²) in [6.07, 6.45) is 4.34. The molecule has 1 aliphatic rings. The van der Waals surface area contributed by atoms with E-state index in [1.54, 1.807) is 0 Å². The summed E-state index contributed by atoms with van der Waals surface area (Å²) in [6, 6.07) is 5.83. The smallest absolute Gasteiger partial charge is 0.153 e. The minimum atomic E-state index is -0.124. The van der Waals surface area contributed by atoms with Gasteiger partial charge in [-0.2, -0.15) is 0 Å². The van der Waals surface area contributed by atoms with Crippen molar-refractivity contribution in [2.45, 2.75) is 31.7 Å². The number of rotatable bonds is 3. The first kappa shape index (κ1) is 10.5. The lowest BCUT2D eigenvalue weighted by molar-refractivity contribution is 0.369. The highest BCUT2D eigenvalue weighted by atomic mass is 16.5. The molecular weight excluding hydrogens is 214 g/mol. The predicted octanol–water partition coefficient (Wildman–Crippen LogP) is 2.63. The molecule has 1 fully saturated rings. The lowest BCUT2D eigenvalue weighted by Crippen LogP contribution is -2.02. The highest BCUT2D eigenvalue weighted by molar-refractivity contribution is 5.59. The van der Waals surface area contributed by atoms with Crippen LogP contribution in [0.25, 0.3) is 11.3 Å². The predicted molar refractivity (Wildman–Crippen MR) is 64.3 cm³/mol. The van der Waals surface area contributed by atoms with Crippen LogP contribution in [-0.2, 0) is 0 Å². The topological polar surface area (TPSA) is 64.9 Å². The molecule has 2 heterocycles. The van der Waals surface area contributed by atoms with Gasteiger partial charge in [0, 0.05) is 29.4 Å². The molecule has 17 heavy (non-hydrogen) atoms. The van der Waals surface area contributed by atoms with Gasteiger partial charge in [0.1, 0.15) is 5.69 Å². The molecule has 0 aromatic carbocycles. The number of nitrogens with zero attached hydrogens (tertiary/aromatic N) is 2. The molecule has 1 saturated carbocycles. The van der Waals surface area contributed by atoms with Gasteiger partial charge in [-0.15, -0.1) is 0 Å². The van der Waals surface area contributed by atoms with Crippen LogP contribution in [0.3, 0.4) is 0 Å². The van der Waals surface area contributed by atoms with Gasteiger partial charge < -0.3 is 10.3 Å². The first-order valence-electron chi connectivity index (χ1n) is 5.92. The lowest BCUT2D eigenvalue weighted by Gasteiger charge is -1.99. The van der Waals surface area contributed by atoms with Crippen LogP contribution in [0.1, 0.15) is 43.2 Å². The maximum absolute atomic E-state index is 5.75. The van der Waals surface area contributed by atoms with Crippen LogP contribution < -0.4 is 5.73 Å². The molecule has 0 bridgehead atoms. The van der Waals surface area contributed by atoms with E-state index < -0.39 is 0 Å². The molecule has 0 unspecified atom stereocenters. The van der Waals surface area contributed by atoms with E-state index >= 15 is 0 Å². The summed E-state index contributed by atoms with van der Waals surface area (Å²) in [5.41, 5.74) is 8.80. The Morgan fingerprint density at radius 3 is 2.88 bits per heavy atom. The summed E-state index contributed by atoms with van der Waals surface area (Å²) >= 11 is 0. The zero-order chi connectivity index (χ0) is 11.8. The molecule has 4 nitrogen and oxygen atoms in total. The fraction of sp³-hybridized carbons (Fsp3) is 0.385. The Kier molecular flexibility index (Phi) is 2.44.